The number of nitrogens with zero attached hydrogens (tertiary/aromatic N) is 1. The Morgan fingerprint density at radius 3 is 2.58 bits per heavy atom. The molecule has 1 aliphatic carbocycles. The Bertz CT molecular complexity index is 153. The molecule has 2 aliphatic rings. The lowest BCUT2D eigenvalue weighted by Gasteiger charge is -2.37. The second kappa shape index (κ2) is 3.37. The van der Waals surface area contributed by atoms with E-state index in [0.717, 1.165) is 17.9 Å². The molecule has 0 N–H and O–H groups in total. The maximum Gasteiger partial charge on any atom is 0.00387 e. The Balaban J connectivity index is 1.92. The molecule has 0 aromatic rings. The Morgan fingerprint density at radius 1 is 1.08 bits per heavy atom. The fraction of sp³-hybridized carbons (Fsp3) is 1.00. The minimum Gasteiger partial charge on any atom is -0.301 e. The number of fused-ring (bicyclic) bond motifs is 1. The number of hydrogen-bond donors (Lipinski definition) is 0. The zero-order chi connectivity index (χ0) is 8.55. The van der Waals surface area contributed by atoms with Crippen LogP contribution >= 0.6 is 0 Å². The van der Waals surface area contributed by atoms with E-state index in [4.69, 9.17) is 0 Å². The average Bonchev–Trinajstić information content (AvgIpc) is 2.49. The van der Waals surface area contributed by atoms with E-state index in [1.165, 1.54) is 38.8 Å². The van der Waals surface area contributed by atoms with E-state index in [1.807, 2.05) is 0 Å². The van der Waals surface area contributed by atoms with Gasteiger partial charge in [0.15, 0.2) is 0 Å². The molecule has 0 amide bonds. The van der Waals surface area contributed by atoms with Gasteiger partial charge in [0.1, 0.15) is 0 Å². The molecule has 0 aromatic heterocycles. The van der Waals surface area contributed by atoms with E-state index >= 15 is 0 Å². The third kappa shape index (κ3) is 1.52. The number of hydrogen-bond acceptors (Lipinski definition) is 1. The Morgan fingerprint density at radius 2 is 1.83 bits per heavy atom. The molecule has 70 valence electrons. The molecule has 1 heterocycles. The maximum atomic E-state index is 2.66. The van der Waals surface area contributed by atoms with Crippen LogP contribution in [0.2, 0.25) is 0 Å². The highest BCUT2D eigenvalue weighted by atomic mass is 15.2. The average molecular weight is 167 g/mol. The number of likely N-dealkylation sites (tertiary alicyclic amines) is 1. The Kier molecular flexibility index (Phi) is 2.40. The molecule has 2 rings (SSSR count). The highest BCUT2D eigenvalue weighted by Crippen LogP contribution is 2.37. The summed E-state index contributed by atoms with van der Waals surface area (Å²) in [5.74, 6) is 2.15. The summed E-state index contributed by atoms with van der Waals surface area (Å²) in [6.07, 6.45) is 6.01. The van der Waals surface area contributed by atoms with Crippen LogP contribution in [-0.4, -0.2) is 24.0 Å². The predicted octanol–water partition coefficient (Wildman–Crippen LogP) is 2.52. The van der Waals surface area contributed by atoms with Crippen LogP contribution in [0.15, 0.2) is 0 Å². The van der Waals surface area contributed by atoms with Gasteiger partial charge >= 0.3 is 0 Å². The van der Waals surface area contributed by atoms with Crippen LogP contribution in [0, 0.1) is 11.8 Å². The fourth-order valence-electron chi connectivity index (χ4n) is 2.93. The molecule has 0 aromatic carbocycles. The van der Waals surface area contributed by atoms with Gasteiger partial charge in [0, 0.05) is 12.6 Å². The van der Waals surface area contributed by atoms with Gasteiger partial charge in [-0.2, -0.15) is 0 Å². The van der Waals surface area contributed by atoms with Gasteiger partial charge in [-0.25, -0.2) is 0 Å². The van der Waals surface area contributed by atoms with E-state index < -0.39 is 0 Å². The zero-order valence-corrected chi connectivity index (χ0v) is 8.42. The molecule has 0 spiro atoms. The van der Waals surface area contributed by atoms with E-state index in [-0.39, 0.29) is 0 Å². The maximum absolute atomic E-state index is 2.66. The minimum absolute atomic E-state index is 0.770. The third-order valence-electron chi connectivity index (χ3n) is 3.80. The van der Waals surface area contributed by atoms with Crippen LogP contribution < -0.4 is 0 Å². The smallest absolute Gasteiger partial charge is 0.00387 e. The lowest BCUT2D eigenvalue weighted by Crippen LogP contribution is -2.42. The molecule has 1 saturated carbocycles. The van der Waals surface area contributed by atoms with Crippen LogP contribution in [-0.2, 0) is 0 Å². The molecular weight excluding hydrogens is 146 g/mol. The molecule has 1 heteroatoms. The van der Waals surface area contributed by atoms with Crippen LogP contribution in [0.4, 0.5) is 0 Å². The molecule has 2 atom stereocenters. The molecule has 1 aliphatic heterocycles. The summed E-state index contributed by atoms with van der Waals surface area (Å²) >= 11 is 0. The standard InChI is InChI=1S/C11H21N/c1-9(2)12-7-6-10-4-3-5-11(10)8-12/h9-11H,3-8H2,1-2H3/t10-,11+/m1/s1. The van der Waals surface area contributed by atoms with Gasteiger partial charge in [-0.15, -0.1) is 0 Å². The molecule has 0 unspecified atom stereocenters. The number of rotatable bonds is 1. The summed E-state index contributed by atoms with van der Waals surface area (Å²) < 4.78 is 0. The first-order valence-corrected chi connectivity index (χ1v) is 5.51. The summed E-state index contributed by atoms with van der Waals surface area (Å²) in [6.45, 7) is 7.41. The van der Waals surface area contributed by atoms with Crippen molar-refractivity contribution in [3.05, 3.63) is 0 Å². The normalized spacial score (nSPS) is 37.2. The third-order valence-corrected chi connectivity index (χ3v) is 3.80. The monoisotopic (exact) mass is 167 g/mol. The summed E-state index contributed by atoms with van der Waals surface area (Å²) in [4.78, 5) is 2.66. The van der Waals surface area contributed by atoms with Crippen molar-refractivity contribution in [2.24, 2.45) is 11.8 Å². The van der Waals surface area contributed by atoms with Crippen LogP contribution in [0.3, 0.4) is 0 Å². The fourth-order valence-corrected chi connectivity index (χ4v) is 2.93. The highest BCUT2D eigenvalue weighted by molar-refractivity contribution is 4.85. The van der Waals surface area contributed by atoms with Gasteiger partial charge in [-0.1, -0.05) is 12.8 Å². The van der Waals surface area contributed by atoms with Gasteiger partial charge in [0.05, 0.1) is 0 Å². The first-order valence-electron chi connectivity index (χ1n) is 5.51. The topological polar surface area (TPSA) is 3.24 Å². The van der Waals surface area contributed by atoms with Crippen molar-refractivity contribution in [2.45, 2.75) is 45.6 Å². The second-order valence-corrected chi connectivity index (χ2v) is 4.83. The SMILES string of the molecule is CC(C)N1CC[C@H]2CCC[C@H]2C1. The van der Waals surface area contributed by atoms with Gasteiger partial charge in [-0.05, 0) is 45.1 Å². The van der Waals surface area contributed by atoms with Crippen molar-refractivity contribution >= 4 is 0 Å². The van der Waals surface area contributed by atoms with E-state index in [1.54, 1.807) is 0 Å². The van der Waals surface area contributed by atoms with Crippen LogP contribution in [0.1, 0.15) is 39.5 Å². The highest BCUT2D eigenvalue weighted by Gasteiger charge is 2.33. The van der Waals surface area contributed by atoms with Crippen LogP contribution in [0.5, 0.6) is 0 Å². The van der Waals surface area contributed by atoms with Crippen LogP contribution in [0.25, 0.3) is 0 Å². The van der Waals surface area contributed by atoms with Crippen molar-refractivity contribution in [3.8, 4) is 0 Å². The van der Waals surface area contributed by atoms with Gasteiger partial charge in [0.2, 0.25) is 0 Å². The van der Waals surface area contributed by atoms with Gasteiger partial charge in [0.25, 0.3) is 0 Å². The second-order valence-electron chi connectivity index (χ2n) is 4.83. The lowest BCUT2D eigenvalue weighted by atomic mass is 9.88. The molecule has 2 fully saturated rings. The summed E-state index contributed by atoms with van der Waals surface area (Å²) in [5, 5.41) is 0. The quantitative estimate of drug-likeness (QED) is 0.580. The zero-order valence-electron chi connectivity index (χ0n) is 8.42. The summed E-state index contributed by atoms with van der Waals surface area (Å²) in [6, 6.07) is 0.770. The predicted molar refractivity (Wildman–Crippen MR) is 52.2 cm³/mol. The van der Waals surface area contributed by atoms with Crippen molar-refractivity contribution in [3.63, 3.8) is 0 Å². The minimum atomic E-state index is 0.770. The molecule has 1 saturated heterocycles. The van der Waals surface area contributed by atoms with Crippen molar-refractivity contribution < 1.29 is 0 Å². The van der Waals surface area contributed by atoms with E-state index in [9.17, 15) is 0 Å². The van der Waals surface area contributed by atoms with Crippen molar-refractivity contribution in [1.82, 2.24) is 4.90 Å². The Labute approximate surface area is 76.1 Å². The summed E-state index contributed by atoms with van der Waals surface area (Å²) in [7, 11) is 0. The molecule has 12 heavy (non-hydrogen) atoms. The first-order chi connectivity index (χ1) is 5.77. The summed E-state index contributed by atoms with van der Waals surface area (Å²) in [5.41, 5.74) is 0. The Hall–Kier alpha value is -0.0400. The molecule has 0 radical (unpaired) electrons. The van der Waals surface area contributed by atoms with Crippen molar-refractivity contribution in [2.75, 3.05) is 13.1 Å². The van der Waals surface area contributed by atoms with E-state index in [0.29, 0.717) is 0 Å². The molecule has 1 nitrogen and oxygen atoms in total. The lowest BCUT2D eigenvalue weighted by molar-refractivity contribution is 0.110. The largest absolute Gasteiger partial charge is 0.301 e. The first kappa shape index (κ1) is 8.55. The molecular formula is C11H21N. The number of piperidine rings is 1. The molecule has 0 bridgehead atoms. The van der Waals surface area contributed by atoms with Gasteiger partial charge < -0.3 is 4.90 Å². The van der Waals surface area contributed by atoms with Crippen molar-refractivity contribution in [1.29, 1.82) is 0 Å². The van der Waals surface area contributed by atoms with E-state index in [2.05, 4.69) is 18.7 Å². The van der Waals surface area contributed by atoms with Gasteiger partial charge in [-0.3, -0.25) is 0 Å².